The van der Waals surface area contributed by atoms with Crippen LogP contribution < -0.4 is 0 Å². The molecule has 0 spiro atoms. The van der Waals surface area contributed by atoms with E-state index in [-0.39, 0.29) is 0 Å². The zero-order chi connectivity index (χ0) is 20.3. The smallest absolute Gasteiger partial charge is 0.164 e. The minimum absolute atomic E-state index is 0.677. The van der Waals surface area contributed by atoms with Gasteiger partial charge in [-0.25, -0.2) is 15.0 Å². The van der Waals surface area contributed by atoms with E-state index in [1.807, 2.05) is 60.7 Å². The second-order valence-corrected chi connectivity index (χ2v) is 8.18. The van der Waals surface area contributed by atoms with Gasteiger partial charge in [0.1, 0.15) is 0 Å². The third kappa shape index (κ3) is 3.78. The van der Waals surface area contributed by atoms with Gasteiger partial charge in [0.05, 0.1) is 0 Å². The quantitative estimate of drug-likeness (QED) is 0.326. The maximum Gasteiger partial charge on any atom is 0.164 e. The van der Waals surface area contributed by atoms with Crippen LogP contribution in [0.2, 0.25) is 0 Å². The fourth-order valence-corrected chi connectivity index (χ4v) is 4.08. The van der Waals surface area contributed by atoms with Crippen molar-refractivity contribution in [2.75, 3.05) is 0 Å². The number of nitrogens with zero attached hydrogens (tertiary/aromatic N) is 3. The topological polar surface area (TPSA) is 38.7 Å². The lowest BCUT2D eigenvalue weighted by Crippen LogP contribution is -2.00. The molecule has 3 aromatic carbocycles. The van der Waals surface area contributed by atoms with Crippen molar-refractivity contribution in [2.24, 2.45) is 0 Å². The highest BCUT2D eigenvalue weighted by Gasteiger charge is 2.12. The summed E-state index contributed by atoms with van der Waals surface area (Å²) in [5.41, 5.74) is 5.32. The summed E-state index contributed by atoms with van der Waals surface area (Å²) in [5, 5.41) is 2.19. The maximum absolute atomic E-state index is 4.82. The lowest BCUT2D eigenvalue weighted by atomic mass is 10.0. The minimum Gasteiger partial charge on any atom is -0.208 e. The Kier molecular flexibility index (Phi) is 4.91. The zero-order valence-electron chi connectivity index (χ0n) is 16.5. The first kappa shape index (κ1) is 18.4. The molecule has 0 radical (unpaired) electrons. The number of hydrogen-bond donors (Lipinski definition) is 0. The fraction of sp³-hybridized carbons (Fsp3) is 0.0385. The van der Waals surface area contributed by atoms with Gasteiger partial charge in [-0.15, -0.1) is 11.3 Å². The van der Waals surface area contributed by atoms with Crippen molar-refractivity contribution in [3.8, 4) is 45.3 Å². The molecule has 3 nitrogen and oxygen atoms in total. The molecule has 0 N–H and O–H groups in total. The van der Waals surface area contributed by atoms with E-state index >= 15 is 0 Å². The zero-order valence-corrected chi connectivity index (χ0v) is 17.3. The van der Waals surface area contributed by atoms with E-state index in [1.165, 1.54) is 16.0 Å². The van der Waals surface area contributed by atoms with E-state index < -0.39 is 0 Å². The van der Waals surface area contributed by atoms with Crippen molar-refractivity contribution in [1.29, 1.82) is 0 Å². The first-order valence-corrected chi connectivity index (χ1v) is 10.7. The average molecular weight is 406 g/mol. The molecule has 0 aliphatic rings. The van der Waals surface area contributed by atoms with Crippen LogP contribution >= 0.6 is 11.3 Å². The van der Waals surface area contributed by atoms with Gasteiger partial charge in [-0.1, -0.05) is 78.9 Å². The van der Waals surface area contributed by atoms with Gasteiger partial charge in [0, 0.05) is 21.6 Å². The molecule has 0 aliphatic heterocycles. The molecule has 4 heteroatoms. The molecule has 0 unspecified atom stereocenters. The standard InChI is InChI=1S/C26H19N3S/c1-18-15-23(17-30-18)21-13-8-14-22(16-21)26-28-24(19-9-4-2-5-10-19)27-25(29-26)20-11-6-3-7-12-20/h2-17H,1H3. The molecule has 5 rings (SSSR count). The van der Waals surface area contributed by atoms with Gasteiger partial charge in [-0.05, 0) is 35.6 Å². The van der Waals surface area contributed by atoms with Crippen LogP contribution in [0.5, 0.6) is 0 Å². The van der Waals surface area contributed by atoms with Crippen LogP contribution in [0.3, 0.4) is 0 Å². The van der Waals surface area contributed by atoms with Crippen LogP contribution in [0.4, 0.5) is 0 Å². The highest BCUT2D eigenvalue weighted by Crippen LogP contribution is 2.30. The molecule has 0 aliphatic carbocycles. The van der Waals surface area contributed by atoms with Crippen LogP contribution in [-0.2, 0) is 0 Å². The van der Waals surface area contributed by atoms with Gasteiger partial charge in [0.15, 0.2) is 17.5 Å². The van der Waals surface area contributed by atoms with E-state index in [1.54, 1.807) is 11.3 Å². The largest absolute Gasteiger partial charge is 0.208 e. The summed E-state index contributed by atoms with van der Waals surface area (Å²) in [4.78, 5) is 15.7. The van der Waals surface area contributed by atoms with E-state index in [4.69, 9.17) is 15.0 Å². The van der Waals surface area contributed by atoms with Crippen LogP contribution in [0.1, 0.15) is 4.88 Å². The summed E-state index contributed by atoms with van der Waals surface area (Å²) in [6.07, 6.45) is 0. The van der Waals surface area contributed by atoms with Gasteiger partial charge in [-0.3, -0.25) is 0 Å². The molecule has 144 valence electrons. The van der Waals surface area contributed by atoms with Crippen LogP contribution in [0, 0.1) is 6.92 Å². The molecule has 0 amide bonds. The van der Waals surface area contributed by atoms with E-state index in [2.05, 4.69) is 42.6 Å². The summed E-state index contributed by atoms with van der Waals surface area (Å²) >= 11 is 1.76. The third-order valence-electron chi connectivity index (χ3n) is 4.88. The van der Waals surface area contributed by atoms with Gasteiger partial charge < -0.3 is 0 Å². The van der Waals surface area contributed by atoms with Crippen LogP contribution in [0.15, 0.2) is 96.4 Å². The van der Waals surface area contributed by atoms with E-state index in [9.17, 15) is 0 Å². The summed E-state index contributed by atoms with van der Waals surface area (Å²) in [7, 11) is 0. The summed E-state index contributed by atoms with van der Waals surface area (Å²) in [5.74, 6) is 2.03. The lowest BCUT2D eigenvalue weighted by molar-refractivity contribution is 1.07. The Bertz CT molecular complexity index is 1240. The molecule has 0 saturated heterocycles. The molecule has 30 heavy (non-hydrogen) atoms. The molecular formula is C26H19N3S. The predicted octanol–water partition coefficient (Wildman–Crippen LogP) is 6.91. The van der Waals surface area contributed by atoms with Crippen LogP contribution in [-0.4, -0.2) is 15.0 Å². The van der Waals surface area contributed by atoms with Crippen molar-refractivity contribution < 1.29 is 0 Å². The SMILES string of the molecule is Cc1cc(-c2cccc(-c3nc(-c4ccccc4)nc(-c4ccccc4)n3)c2)cs1. The Labute approximate surface area is 179 Å². The van der Waals surface area contributed by atoms with E-state index in [0.29, 0.717) is 17.5 Å². The predicted molar refractivity (Wildman–Crippen MR) is 124 cm³/mol. The first-order chi connectivity index (χ1) is 14.8. The Hall–Kier alpha value is -3.63. The molecule has 2 heterocycles. The maximum atomic E-state index is 4.82. The van der Waals surface area contributed by atoms with Crippen LogP contribution in [0.25, 0.3) is 45.3 Å². The monoisotopic (exact) mass is 405 g/mol. The van der Waals surface area contributed by atoms with Crippen molar-refractivity contribution in [2.45, 2.75) is 6.92 Å². The number of hydrogen-bond acceptors (Lipinski definition) is 4. The number of thiophene rings is 1. The Balaban J connectivity index is 1.66. The van der Waals surface area contributed by atoms with Crippen molar-refractivity contribution in [1.82, 2.24) is 15.0 Å². The highest BCUT2D eigenvalue weighted by atomic mass is 32.1. The number of aromatic nitrogens is 3. The molecular weight excluding hydrogens is 386 g/mol. The second kappa shape index (κ2) is 8.01. The van der Waals surface area contributed by atoms with Crippen molar-refractivity contribution in [3.63, 3.8) is 0 Å². The Morgan fingerprint density at radius 2 is 1.00 bits per heavy atom. The highest BCUT2D eigenvalue weighted by molar-refractivity contribution is 7.10. The Morgan fingerprint density at radius 3 is 1.53 bits per heavy atom. The second-order valence-electron chi connectivity index (χ2n) is 7.07. The summed E-state index contributed by atoms with van der Waals surface area (Å²) in [6, 6.07) is 30.7. The van der Waals surface area contributed by atoms with Crippen molar-refractivity contribution in [3.05, 3.63) is 101 Å². The lowest BCUT2D eigenvalue weighted by Gasteiger charge is -2.09. The Morgan fingerprint density at radius 1 is 0.500 bits per heavy atom. The number of aryl methyl sites for hydroxylation is 1. The molecule has 0 atom stereocenters. The van der Waals surface area contributed by atoms with Gasteiger partial charge in [-0.2, -0.15) is 0 Å². The third-order valence-corrected chi connectivity index (χ3v) is 5.75. The number of rotatable bonds is 4. The van der Waals surface area contributed by atoms with Gasteiger partial charge in [0.2, 0.25) is 0 Å². The fourth-order valence-electron chi connectivity index (χ4n) is 3.37. The van der Waals surface area contributed by atoms with E-state index in [0.717, 1.165) is 16.7 Å². The molecule has 2 aromatic heterocycles. The molecule has 0 saturated carbocycles. The molecule has 0 bridgehead atoms. The molecule has 0 fully saturated rings. The summed E-state index contributed by atoms with van der Waals surface area (Å²) < 4.78 is 0. The van der Waals surface area contributed by atoms with Gasteiger partial charge in [0.25, 0.3) is 0 Å². The average Bonchev–Trinajstić information content (AvgIpc) is 3.26. The normalized spacial score (nSPS) is 10.8. The summed E-state index contributed by atoms with van der Waals surface area (Å²) in [6.45, 7) is 2.13. The first-order valence-electron chi connectivity index (χ1n) is 9.79. The number of benzene rings is 3. The van der Waals surface area contributed by atoms with Gasteiger partial charge >= 0.3 is 0 Å². The van der Waals surface area contributed by atoms with Crippen molar-refractivity contribution >= 4 is 11.3 Å². The minimum atomic E-state index is 0.677. The molecule has 5 aromatic rings.